The second-order valence-electron chi connectivity index (χ2n) is 5.58. The summed E-state index contributed by atoms with van der Waals surface area (Å²) in [4.78, 5) is 15.7. The van der Waals surface area contributed by atoms with Crippen LogP contribution in [0.25, 0.3) is 0 Å². The number of carboxylic acids is 1. The van der Waals surface area contributed by atoms with Gasteiger partial charge in [-0.2, -0.15) is 0 Å². The summed E-state index contributed by atoms with van der Waals surface area (Å²) >= 11 is 0. The van der Waals surface area contributed by atoms with Gasteiger partial charge in [-0.3, -0.25) is 14.6 Å². The third kappa shape index (κ3) is 2.82. The summed E-state index contributed by atoms with van der Waals surface area (Å²) in [5.74, 6) is 0.192. The lowest BCUT2D eigenvalue weighted by Gasteiger charge is -2.23. The minimum Gasteiger partial charge on any atom is -0.481 e. The minimum atomic E-state index is -0.645. The van der Waals surface area contributed by atoms with Gasteiger partial charge in [-0.05, 0) is 31.5 Å². The first kappa shape index (κ1) is 12.7. The molecule has 5 heteroatoms. The van der Waals surface area contributed by atoms with E-state index in [2.05, 4.69) is 9.80 Å². The Balaban J connectivity index is 1.51. The summed E-state index contributed by atoms with van der Waals surface area (Å²) in [6.45, 7) is 4.59. The first-order valence-electron chi connectivity index (χ1n) is 6.94. The zero-order valence-corrected chi connectivity index (χ0v) is 11.0. The summed E-state index contributed by atoms with van der Waals surface area (Å²) in [6.07, 6.45) is 3.64. The van der Waals surface area contributed by atoms with Crippen LogP contribution in [0.2, 0.25) is 0 Å². The number of rotatable bonds is 4. The van der Waals surface area contributed by atoms with Crippen molar-refractivity contribution in [2.45, 2.75) is 25.4 Å². The van der Waals surface area contributed by atoms with Crippen LogP contribution >= 0.6 is 0 Å². The normalized spacial score (nSPS) is 29.1. The molecule has 0 aromatic carbocycles. The monoisotopic (exact) mass is 264 g/mol. The highest BCUT2D eigenvalue weighted by molar-refractivity contribution is 5.70. The van der Waals surface area contributed by atoms with E-state index < -0.39 is 5.97 Å². The standard InChI is InChI=1S/C14H20N2O3/c17-14(18)11-3-6-16(8-11)12-4-5-15(9-12)10-13-2-1-7-19-13/h1-2,7,11-12H,3-6,8-10H2,(H,17,18). The highest BCUT2D eigenvalue weighted by Crippen LogP contribution is 2.24. The molecule has 2 aliphatic heterocycles. The van der Waals surface area contributed by atoms with E-state index in [4.69, 9.17) is 9.52 Å². The predicted molar refractivity (Wildman–Crippen MR) is 69.7 cm³/mol. The third-order valence-corrected chi connectivity index (χ3v) is 4.29. The van der Waals surface area contributed by atoms with Crippen LogP contribution in [0.15, 0.2) is 22.8 Å². The zero-order valence-electron chi connectivity index (χ0n) is 11.0. The molecule has 2 saturated heterocycles. The smallest absolute Gasteiger partial charge is 0.307 e. The van der Waals surface area contributed by atoms with Crippen LogP contribution in [0, 0.1) is 5.92 Å². The van der Waals surface area contributed by atoms with Crippen LogP contribution < -0.4 is 0 Å². The first-order valence-corrected chi connectivity index (χ1v) is 6.94. The molecule has 0 bridgehead atoms. The molecule has 0 spiro atoms. The van der Waals surface area contributed by atoms with Crippen LogP contribution in [0.5, 0.6) is 0 Å². The van der Waals surface area contributed by atoms with Crippen molar-refractivity contribution in [3.05, 3.63) is 24.2 Å². The van der Waals surface area contributed by atoms with Crippen molar-refractivity contribution in [1.29, 1.82) is 0 Å². The van der Waals surface area contributed by atoms with Crippen molar-refractivity contribution in [1.82, 2.24) is 9.80 Å². The number of furan rings is 1. The molecule has 1 aromatic rings. The summed E-state index contributed by atoms with van der Waals surface area (Å²) in [7, 11) is 0. The molecule has 2 atom stereocenters. The van der Waals surface area contributed by atoms with Crippen molar-refractivity contribution in [3.63, 3.8) is 0 Å². The quantitative estimate of drug-likeness (QED) is 0.887. The maximum atomic E-state index is 11.0. The first-order chi connectivity index (χ1) is 9.22. The Morgan fingerprint density at radius 3 is 2.95 bits per heavy atom. The van der Waals surface area contributed by atoms with Crippen molar-refractivity contribution >= 4 is 5.97 Å². The number of hydrogen-bond acceptors (Lipinski definition) is 4. The average molecular weight is 264 g/mol. The van der Waals surface area contributed by atoms with Crippen LogP contribution in [0.4, 0.5) is 0 Å². The highest BCUT2D eigenvalue weighted by Gasteiger charge is 2.35. The van der Waals surface area contributed by atoms with Gasteiger partial charge in [-0.25, -0.2) is 0 Å². The van der Waals surface area contributed by atoms with Crippen LogP contribution in [0.1, 0.15) is 18.6 Å². The summed E-state index contributed by atoms with van der Waals surface area (Å²) in [5.41, 5.74) is 0. The minimum absolute atomic E-state index is 0.167. The number of carbonyl (C=O) groups is 1. The van der Waals surface area contributed by atoms with Gasteiger partial charge in [-0.15, -0.1) is 0 Å². The molecule has 3 rings (SSSR count). The average Bonchev–Trinajstić information content (AvgIpc) is 3.09. The zero-order chi connectivity index (χ0) is 13.2. The van der Waals surface area contributed by atoms with E-state index >= 15 is 0 Å². The molecule has 0 aliphatic carbocycles. The Labute approximate surface area is 112 Å². The molecule has 1 N–H and O–H groups in total. The van der Waals surface area contributed by atoms with Gasteiger partial charge >= 0.3 is 5.97 Å². The Morgan fingerprint density at radius 2 is 2.26 bits per heavy atom. The van der Waals surface area contributed by atoms with E-state index in [0.29, 0.717) is 12.6 Å². The van der Waals surface area contributed by atoms with Gasteiger partial charge in [-0.1, -0.05) is 0 Å². The Bertz CT molecular complexity index is 432. The molecule has 0 saturated carbocycles. The van der Waals surface area contributed by atoms with E-state index in [1.54, 1.807) is 6.26 Å². The SMILES string of the molecule is O=C(O)C1CCN(C2CCN(Cc3ccco3)C2)C1. The van der Waals surface area contributed by atoms with E-state index in [-0.39, 0.29) is 5.92 Å². The van der Waals surface area contributed by atoms with E-state index in [1.165, 1.54) is 0 Å². The second-order valence-corrected chi connectivity index (χ2v) is 5.58. The molecule has 0 amide bonds. The summed E-state index contributed by atoms with van der Waals surface area (Å²) in [6, 6.07) is 4.43. The van der Waals surface area contributed by atoms with Crippen LogP contribution in [-0.2, 0) is 11.3 Å². The number of aliphatic carboxylic acids is 1. The number of likely N-dealkylation sites (tertiary alicyclic amines) is 2. The molecular weight excluding hydrogens is 244 g/mol. The number of carboxylic acid groups (broad SMARTS) is 1. The molecule has 1 aromatic heterocycles. The maximum absolute atomic E-state index is 11.0. The van der Waals surface area contributed by atoms with Crippen molar-refractivity contribution in [2.75, 3.05) is 26.2 Å². The fourth-order valence-electron chi connectivity index (χ4n) is 3.20. The van der Waals surface area contributed by atoms with Gasteiger partial charge < -0.3 is 9.52 Å². The highest BCUT2D eigenvalue weighted by atomic mass is 16.4. The number of nitrogens with zero attached hydrogens (tertiary/aromatic N) is 2. The van der Waals surface area contributed by atoms with Gasteiger partial charge in [0.15, 0.2) is 0 Å². The molecule has 2 unspecified atom stereocenters. The largest absolute Gasteiger partial charge is 0.481 e. The van der Waals surface area contributed by atoms with Gasteiger partial charge in [0, 0.05) is 25.7 Å². The molecule has 2 aliphatic rings. The molecule has 104 valence electrons. The van der Waals surface area contributed by atoms with E-state index in [0.717, 1.165) is 44.8 Å². The van der Waals surface area contributed by atoms with E-state index in [9.17, 15) is 4.79 Å². The number of hydrogen-bond donors (Lipinski definition) is 1. The Hall–Kier alpha value is -1.33. The van der Waals surface area contributed by atoms with Gasteiger partial charge in [0.25, 0.3) is 0 Å². The van der Waals surface area contributed by atoms with E-state index in [1.807, 2.05) is 12.1 Å². The van der Waals surface area contributed by atoms with Crippen molar-refractivity contribution in [3.8, 4) is 0 Å². The second kappa shape index (κ2) is 5.35. The lowest BCUT2D eigenvalue weighted by Crippen LogP contribution is -2.36. The fourth-order valence-corrected chi connectivity index (χ4v) is 3.20. The van der Waals surface area contributed by atoms with Gasteiger partial charge in [0.05, 0.1) is 18.7 Å². The summed E-state index contributed by atoms with van der Waals surface area (Å²) < 4.78 is 5.37. The Kier molecular flexibility index (Phi) is 3.57. The van der Waals surface area contributed by atoms with Crippen molar-refractivity contribution < 1.29 is 14.3 Å². The molecular formula is C14H20N2O3. The third-order valence-electron chi connectivity index (χ3n) is 4.29. The molecule has 0 radical (unpaired) electrons. The van der Waals surface area contributed by atoms with Gasteiger partial charge in [0.2, 0.25) is 0 Å². The van der Waals surface area contributed by atoms with Crippen molar-refractivity contribution in [2.24, 2.45) is 5.92 Å². The maximum Gasteiger partial charge on any atom is 0.307 e. The lowest BCUT2D eigenvalue weighted by molar-refractivity contribution is -0.141. The fraction of sp³-hybridized carbons (Fsp3) is 0.643. The molecule has 19 heavy (non-hydrogen) atoms. The molecule has 3 heterocycles. The molecule has 2 fully saturated rings. The lowest BCUT2D eigenvalue weighted by atomic mass is 10.1. The topological polar surface area (TPSA) is 56.9 Å². The Morgan fingerprint density at radius 1 is 1.37 bits per heavy atom. The van der Waals surface area contributed by atoms with Crippen LogP contribution in [0.3, 0.4) is 0 Å². The predicted octanol–water partition coefficient (Wildman–Crippen LogP) is 1.26. The molecule has 5 nitrogen and oxygen atoms in total. The van der Waals surface area contributed by atoms with Gasteiger partial charge in [0.1, 0.15) is 5.76 Å². The van der Waals surface area contributed by atoms with Crippen LogP contribution in [-0.4, -0.2) is 53.1 Å². The summed E-state index contributed by atoms with van der Waals surface area (Å²) in [5, 5.41) is 9.05.